The minimum atomic E-state index is -1.40. The van der Waals surface area contributed by atoms with Gasteiger partial charge >= 0.3 is 12.2 Å². The molecule has 3 N–H and O–H groups in total. The molecule has 2 aromatic rings. The number of ether oxygens (including phenoxy) is 4. The van der Waals surface area contributed by atoms with Gasteiger partial charge in [0.25, 0.3) is 0 Å². The van der Waals surface area contributed by atoms with E-state index in [1.165, 1.54) is 7.11 Å². The van der Waals surface area contributed by atoms with Crippen molar-refractivity contribution in [2.45, 2.75) is 103 Å². The molecule has 1 aliphatic heterocycles. The predicted molar refractivity (Wildman–Crippen MR) is 219 cm³/mol. The summed E-state index contributed by atoms with van der Waals surface area (Å²) in [6.07, 6.45) is 8.37. The van der Waals surface area contributed by atoms with E-state index in [0.29, 0.717) is 49.6 Å². The van der Waals surface area contributed by atoms with E-state index >= 15 is 0 Å². The molecule has 0 radical (unpaired) electrons. The number of fused-ring (bicyclic) bond motifs is 2. The summed E-state index contributed by atoms with van der Waals surface area (Å²) in [4.78, 5) is 34.7. The van der Waals surface area contributed by atoms with Gasteiger partial charge in [0.05, 0.1) is 24.8 Å². The van der Waals surface area contributed by atoms with E-state index in [1.54, 1.807) is 17.0 Å². The molecule has 312 valence electrons. The number of hydrogen-bond acceptors (Lipinski definition) is 10. The Morgan fingerprint density at radius 1 is 1.07 bits per heavy atom. The molecular formula is C45H63N3O9. The number of nitrogens with one attached hydrogen (secondary N) is 1. The van der Waals surface area contributed by atoms with Gasteiger partial charge in [-0.1, -0.05) is 88.2 Å². The van der Waals surface area contributed by atoms with Gasteiger partial charge in [-0.3, -0.25) is 4.90 Å². The number of hydrogen-bond donors (Lipinski definition) is 3. The molecule has 57 heavy (non-hydrogen) atoms. The maximum Gasteiger partial charge on any atom is 0.412 e. The molecule has 1 saturated carbocycles. The molecule has 2 aromatic carbocycles. The lowest BCUT2D eigenvalue weighted by Gasteiger charge is -2.59. The third-order valence-corrected chi connectivity index (χ3v) is 11.0. The van der Waals surface area contributed by atoms with Gasteiger partial charge in [0.1, 0.15) is 24.7 Å². The first kappa shape index (κ1) is 43.7. The van der Waals surface area contributed by atoms with E-state index in [9.17, 15) is 19.8 Å². The van der Waals surface area contributed by atoms with E-state index < -0.39 is 29.9 Å². The lowest BCUT2D eigenvalue weighted by atomic mass is 9.55. The van der Waals surface area contributed by atoms with E-state index in [1.807, 2.05) is 70.2 Å². The number of carbonyl (C=O) groups is 2. The molecular weight excluding hydrogens is 727 g/mol. The van der Waals surface area contributed by atoms with Crippen molar-refractivity contribution in [2.24, 2.45) is 28.3 Å². The summed E-state index contributed by atoms with van der Waals surface area (Å²) in [5.41, 5.74) is 3.17. The van der Waals surface area contributed by atoms with Gasteiger partial charge < -0.3 is 39.3 Å². The number of aliphatic hydroxyl groups is 2. The number of oxime groups is 1. The first-order valence-electron chi connectivity index (χ1n) is 20.5. The van der Waals surface area contributed by atoms with Crippen LogP contribution in [0, 0.1) is 23.2 Å². The largest absolute Gasteiger partial charge is 0.459 e. The first-order valence-corrected chi connectivity index (χ1v) is 20.5. The van der Waals surface area contributed by atoms with Crippen LogP contribution in [-0.4, -0.2) is 84.9 Å². The van der Waals surface area contributed by atoms with Crippen LogP contribution in [0.5, 0.6) is 11.5 Å². The van der Waals surface area contributed by atoms with Crippen molar-refractivity contribution in [1.82, 2.24) is 10.2 Å². The average molecular weight is 790 g/mol. The zero-order valence-electron chi connectivity index (χ0n) is 34.4. The second kappa shape index (κ2) is 20.3. The third kappa shape index (κ3) is 10.6. The van der Waals surface area contributed by atoms with Crippen LogP contribution in [0.15, 0.2) is 78.0 Å². The Hall–Kier alpha value is -4.39. The Balaban J connectivity index is 1.68. The van der Waals surface area contributed by atoms with E-state index in [0.717, 1.165) is 42.4 Å². The Labute approximate surface area is 338 Å². The van der Waals surface area contributed by atoms with Crippen molar-refractivity contribution < 1.29 is 43.6 Å². The van der Waals surface area contributed by atoms with Crippen LogP contribution in [0.3, 0.4) is 0 Å². The summed E-state index contributed by atoms with van der Waals surface area (Å²) in [6.45, 7) is 13.3. The lowest BCUT2D eigenvalue weighted by Crippen LogP contribution is -2.70. The molecule has 6 atom stereocenters. The molecule has 12 heteroatoms. The number of rotatable bonds is 19. The fraction of sp³-hybridized carbons (Fsp3) is 0.578. The number of aliphatic hydroxyl groups excluding tert-OH is 2. The maximum atomic E-state index is 14.2. The highest BCUT2D eigenvalue weighted by atomic mass is 16.7. The highest BCUT2D eigenvalue weighted by Gasteiger charge is 2.65. The third-order valence-electron chi connectivity index (χ3n) is 11.0. The van der Waals surface area contributed by atoms with Crippen molar-refractivity contribution in [3.8, 4) is 11.5 Å². The van der Waals surface area contributed by atoms with Crippen LogP contribution in [0.4, 0.5) is 9.59 Å². The predicted octanol–water partition coefficient (Wildman–Crippen LogP) is 8.13. The number of nitrogens with zero attached hydrogens (tertiary/aromatic N) is 2. The lowest BCUT2D eigenvalue weighted by molar-refractivity contribution is -0.255. The van der Waals surface area contributed by atoms with Crippen LogP contribution in [0.1, 0.15) is 96.1 Å². The van der Waals surface area contributed by atoms with Crippen LogP contribution in [-0.2, 0) is 20.9 Å². The van der Waals surface area contributed by atoms with Crippen LogP contribution >= 0.6 is 0 Å². The molecule has 12 nitrogen and oxygen atoms in total. The molecule has 6 unspecified atom stereocenters. The van der Waals surface area contributed by atoms with E-state index in [-0.39, 0.29) is 56.0 Å². The number of amides is 2. The summed E-state index contributed by atoms with van der Waals surface area (Å²) in [5, 5.41) is 27.1. The van der Waals surface area contributed by atoms with Crippen molar-refractivity contribution in [1.29, 1.82) is 0 Å². The SMILES string of the molecule is C=CCOC12Oc3ccc(OC(=O)NCc4ccccc4)cc3C3C(CCCCO)C(CCCCO)C=C(C(=NOC)CC1N(CCC)C(=O)OCC(C)(C)C)C32. The number of allylic oxidation sites excluding steroid dienone is 1. The molecule has 5 rings (SSSR count). The summed E-state index contributed by atoms with van der Waals surface area (Å²) < 4.78 is 26.1. The van der Waals surface area contributed by atoms with E-state index in [2.05, 4.69) is 23.1 Å². The fourth-order valence-corrected chi connectivity index (χ4v) is 8.71. The number of carbonyl (C=O) groups excluding carboxylic acids is 2. The molecule has 0 saturated heterocycles. The molecule has 2 aliphatic carbocycles. The molecule has 0 aromatic heterocycles. The van der Waals surface area contributed by atoms with Crippen molar-refractivity contribution >= 4 is 17.9 Å². The monoisotopic (exact) mass is 789 g/mol. The van der Waals surface area contributed by atoms with Crippen LogP contribution < -0.4 is 14.8 Å². The zero-order chi connectivity index (χ0) is 41.0. The highest BCUT2D eigenvalue weighted by Crippen LogP contribution is 2.62. The van der Waals surface area contributed by atoms with Crippen molar-refractivity contribution in [3.63, 3.8) is 0 Å². The van der Waals surface area contributed by atoms with Crippen LogP contribution in [0.25, 0.3) is 0 Å². The quantitative estimate of drug-likeness (QED) is 0.0729. The first-order chi connectivity index (χ1) is 27.5. The van der Waals surface area contributed by atoms with Gasteiger partial charge in [0.15, 0.2) is 0 Å². The second-order valence-electron chi connectivity index (χ2n) is 16.5. The van der Waals surface area contributed by atoms with Gasteiger partial charge in [0, 0.05) is 44.2 Å². The topological polar surface area (TPSA) is 148 Å². The summed E-state index contributed by atoms with van der Waals surface area (Å²) in [6, 6.07) is 14.4. The highest BCUT2D eigenvalue weighted by molar-refractivity contribution is 6.03. The number of benzene rings is 2. The Morgan fingerprint density at radius 2 is 1.81 bits per heavy atom. The molecule has 1 heterocycles. The smallest absolute Gasteiger partial charge is 0.412 e. The molecule has 3 aliphatic rings. The Morgan fingerprint density at radius 3 is 2.47 bits per heavy atom. The Bertz CT molecular complexity index is 1710. The summed E-state index contributed by atoms with van der Waals surface area (Å²) >= 11 is 0. The minimum Gasteiger partial charge on any atom is -0.459 e. The molecule has 1 fully saturated rings. The standard InChI is InChI=1S/C45H63N3O9/c1-7-22-48(43(52)54-30-44(3,4)5)39-28-37(47-53-6)35-26-32(18-12-14-23-49)34(19-13-15-24-50)40-36-27-33(56-42(51)46-29-31-16-10-9-11-17-31)20-21-38(36)57-45(39,41(35)40)55-25-8-2/h8-11,16-17,20-21,26-27,32,34,39-41,49-50H,2,7,12-15,18-19,22-25,28-30H2,1,3-6H3,(H,46,51). The van der Waals surface area contributed by atoms with Crippen molar-refractivity contribution in [2.75, 3.05) is 40.1 Å². The summed E-state index contributed by atoms with van der Waals surface area (Å²) in [5.74, 6) is -1.13. The van der Waals surface area contributed by atoms with Gasteiger partial charge in [-0.15, -0.1) is 6.58 Å². The van der Waals surface area contributed by atoms with Gasteiger partial charge in [-0.25, -0.2) is 9.59 Å². The Kier molecular flexibility index (Phi) is 15.6. The molecule has 2 amide bonds. The second-order valence-corrected chi connectivity index (χ2v) is 16.5. The zero-order valence-corrected chi connectivity index (χ0v) is 34.4. The normalized spacial score (nSPS) is 24.3. The van der Waals surface area contributed by atoms with Gasteiger partial charge in [-0.2, -0.15) is 0 Å². The fourth-order valence-electron chi connectivity index (χ4n) is 8.71. The summed E-state index contributed by atoms with van der Waals surface area (Å²) in [7, 11) is 1.52. The van der Waals surface area contributed by atoms with Gasteiger partial charge in [-0.05, 0) is 78.7 Å². The minimum absolute atomic E-state index is 0.0236. The average Bonchev–Trinajstić information content (AvgIpc) is 3.19. The van der Waals surface area contributed by atoms with E-state index in [4.69, 9.17) is 23.8 Å². The maximum absolute atomic E-state index is 14.2. The van der Waals surface area contributed by atoms with Crippen LogP contribution in [0.2, 0.25) is 0 Å². The number of unbranched alkanes of at least 4 members (excludes halogenated alkanes) is 2. The molecule has 0 bridgehead atoms. The van der Waals surface area contributed by atoms with Crippen molar-refractivity contribution in [3.05, 3.63) is 84.0 Å². The molecule has 0 spiro atoms. The van der Waals surface area contributed by atoms with Gasteiger partial charge in [0.2, 0.25) is 5.79 Å².